The van der Waals surface area contributed by atoms with Crippen molar-refractivity contribution in [3.05, 3.63) is 24.3 Å². The van der Waals surface area contributed by atoms with Crippen LogP contribution >= 0.6 is 12.4 Å². The summed E-state index contributed by atoms with van der Waals surface area (Å²) in [4.78, 5) is 23.5. The van der Waals surface area contributed by atoms with E-state index in [2.05, 4.69) is 10.6 Å². The number of benzene rings is 1. The Labute approximate surface area is 149 Å². The Kier molecular flexibility index (Phi) is 10.1. The Morgan fingerprint density at radius 1 is 1.17 bits per heavy atom. The maximum absolute atomic E-state index is 11.8. The number of hydrogen-bond donors (Lipinski definition) is 3. The van der Waals surface area contributed by atoms with E-state index < -0.39 is 5.41 Å². The average Bonchev–Trinajstić information content (AvgIpc) is 2.49. The molecule has 0 bridgehead atoms. The highest BCUT2D eigenvalue weighted by Crippen LogP contribution is 2.16. The Hall–Kier alpha value is -1.79. The van der Waals surface area contributed by atoms with Crippen molar-refractivity contribution < 1.29 is 14.3 Å². The second-order valence-corrected chi connectivity index (χ2v) is 6.32. The van der Waals surface area contributed by atoms with E-state index >= 15 is 0 Å². The van der Waals surface area contributed by atoms with Crippen LogP contribution < -0.4 is 21.1 Å². The normalized spacial score (nSPS) is 10.5. The molecule has 6 nitrogen and oxygen atoms in total. The van der Waals surface area contributed by atoms with Crippen LogP contribution in [0.25, 0.3) is 0 Å². The van der Waals surface area contributed by atoms with E-state index in [1.165, 1.54) is 0 Å². The van der Waals surface area contributed by atoms with Gasteiger partial charge in [0, 0.05) is 30.6 Å². The van der Waals surface area contributed by atoms with Gasteiger partial charge in [0.05, 0.1) is 0 Å². The molecular formula is C17H28ClN3O3. The van der Waals surface area contributed by atoms with Crippen LogP contribution in [0.2, 0.25) is 0 Å². The number of carbonyl (C=O) groups is 2. The van der Waals surface area contributed by atoms with Gasteiger partial charge < -0.3 is 21.1 Å². The first-order valence-electron chi connectivity index (χ1n) is 7.84. The molecule has 0 aromatic heterocycles. The van der Waals surface area contributed by atoms with Crippen molar-refractivity contribution in [2.24, 2.45) is 11.1 Å². The van der Waals surface area contributed by atoms with Gasteiger partial charge in [0.2, 0.25) is 11.8 Å². The van der Waals surface area contributed by atoms with E-state index in [-0.39, 0.29) is 24.2 Å². The summed E-state index contributed by atoms with van der Waals surface area (Å²) < 4.78 is 5.37. The zero-order valence-corrected chi connectivity index (χ0v) is 15.4. The van der Waals surface area contributed by atoms with Gasteiger partial charge in [-0.05, 0) is 30.7 Å². The third-order valence-electron chi connectivity index (χ3n) is 3.07. The molecule has 0 saturated heterocycles. The van der Waals surface area contributed by atoms with Gasteiger partial charge in [-0.2, -0.15) is 0 Å². The van der Waals surface area contributed by atoms with Crippen LogP contribution in [-0.2, 0) is 9.59 Å². The number of halogens is 1. The van der Waals surface area contributed by atoms with Crippen LogP contribution in [0.15, 0.2) is 24.3 Å². The van der Waals surface area contributed by atoms with Crippen molar-refractivity contribution in [1.82, 2.24) is 5.32 Å². The van der Waals surface area contributed by atoms with Crippen molar-refractivity contribution in [3.63, 3.8) is 0 Å². The fraction of sp³-hybridized carbons (Fsp3) is 0.529. The van der Waals surface area contributed by atoms with Gasteiger partial charge in [-0.25, -0.2) is 0 Å². The van der Waals surface area contributed by atoms with Crippen molar-refractivity contribution in [2.75, 3.05) is 25.0 Å². The summed E-state index contributed by atoms with van der Waals surface area (Å²) >= 11 is 0. The lowest BCUT2D eigenvalue weighted by atomic mass is 9.96. The Morgan fingerprint density at radius 2 is 1.79 bits per heavy atom. The third kappa shape index (κ3) is 8.74. The Morgan fingerprint density at radius 3 is 2.33 bits per heavy atom. The summed E-state index contributed by atoms with van der Waals surface area (Å²) in [5, 5.41) is 5.63. The minimum absolute atomic E-state index is 0. The standard InChI is InChI=1S/C17H27N3O3.ClH/c1-17(2,3)16(22)19-11-4-5-15(21)20-13-6-8-14(9-7-13)23-12-10-18;/h6-9H,4-5,10-12,18H2,1-3H3,(H,19,22)(H,20,21);1H. The monoisotopic (exact) mass is 357 g/mol. The van der Waals surface area contributed by atoms with E-state index in [0.717, 1.165) is 5.75 Å². The molecule has 0 atom stereocenters. The topological polar surface area (TPSA) is 93.5 Å². The molecule has 1 rings (SSSR count). The van der Waals surface area contributed by atoms with Crippen molar-refractivity contribution in [1.29, 1.82) is 0 Å². The SMILES string of the molecule is CC(C)(C)C(=O)NCCCC(=O)Nc1ccc(OCCN)cc1.Cl. The Bertz CT molecular complexity index is 513. The maximum atomic E-state index is 11.8. The molecule has 0 spiro atoms. The maximum Gasteiger partial charge on any atom is 0.225 e. The zero-order chi connectivity index (χ0) is 17.3. The largest absolute Gasteiger partial charge is 0.492 e. The smallest absolute Gasteiger partial charge is 0.225 e. The predicted molar refractivity (Wildman–Crippen MR) is 98.6 cm³/mol. The molecule has 0 aliphatic rings. The van der Waals surface area contributed by atoms with Gasteiger partial charge in [-0.1, -0.05) is 20.8 Å². The summed E-state index contributed by atoms with van der Waals surface area (Å²) in [6.45, 7) is 6.99. The molecule has 2 amide bonds. The zero-order valence-electron chi connectivity index (χ0n) is 14.6. The molecule has 0 heterocycles. The lowest BCUT2D eigenvalue weighted by molar-refractivity contribution is -0.128. The van der Waals surface area contributed by atoms with Crippen LogP contribution in [-0.4, -0.2) is 31.5 Å². The molecule has 0 saturated carbocycles. The van der Waals surface area contributed by atoms with E-state index in [9.17, 15) is 9.59 Å². The number of anilines is 1. The quantitative estimate of drug-likeness (QED) is 0.622. The van der Waals surface area contributed by atoms with Crippen LogP contribution in [0.5, 0.6) is 5.75 Å². The van der Waals surface area contributed by atoms with Gasteiger partial charge in [0.25, 0.3) is 0 Å². The molecular weight excluding hydrogens is 330 g/mol. The van der Waals surface area contributed by atoms with E-state index in [4.69, 9.17) is 10.5 Å². The number of amides is 2. The number of carbonyl (C=O) groups excluding carboxylic acids is 2. The summed E-state index contributed by atoms with van der Waals surface area (Å²) in [6, 6.07) is 7.14. The minimum Gasteiger partial charge on any atom is -0.492 e. The number of nitrogens with two attached hydrogens (primary N) is 1. The molecule has 1 aromatic rings. The number of nitrogens with one attached hydrogen (secondary N) is 2. The Balaban J connectivity index is 0.00000529. The van der Waals surface area contributed by atoms with Crippen molar-refractivity contribution in [3.8, 4) is 5.75 Å². The first-order valence-corrected chi connectivity index (χ1v) is 7.84. The molecule has 0 aliphatic heterocycles. The van der Waals surface area contributed by atoms with Gasteiger partial charge >= 0.3 is 0 Å². The van der Waals surface area contributed by atoms with Crippen LogP contribution in [0.3, 0.4) is 0 Å². The molecule has 7 heteroatoms. The number of rotatable bonds is 8. The molecule has 1 aromatic carbocycles. The first-order chi connectivity index (χ1) is 10.8. The van der Waals surface area contributed by atoms with Gasteiger partial charge in [0.15, 0.2) is 0 Å². The van der Waals surface area contributed by atoms with E-state index in [1.807, 2.05) is 20.8 Å². The molecule has 0 aliphatic carbocycles. The highest BCUT2D eigenvalue weighted by molar-refractivity contribution is 5.90. The lowest BCUT2D eigenvalue weighted by Gasteiger charge is -2.17. The summed E-state index contributed by atoms with van der Waals surface area (Å²) in [5.41, 5.74) is 5.67. The lowest BCUT2D eigenvalue weighted by Crippen LogP contribution is -2.35. The summed E-state index contributed by atoms with van der Waals surface area (Å²) in [6.07, 6.45) is 0.960. The first kappa shape index (κ1) is 22.2. The van der Waals surface area contributed by atoms with Crippen LogP contribution in [0.4, 0.5) is 5.69 Å². The highest BCUT2D eigenvalue weighted by atomic mass is 35.5. The number of ether oxygens (including phenoxy) is 1. The highest BCUT2D eigenvalue weighted by Gasteiger charge is 2.20. The predicted octanol–water partition coefficient (Wildman–Crippen LogP) is 2.33. The van der Waals surface area contributed by atoms with Gasteiger partial charge in [-0.15, -0.1) is 12.4 Å². The fourth-order valence-electron chi connectivity index (χ4n) is 1.75. The van der Waals surface area contributed by atoms with Crippen molar-refractivity contribution in [2.45, 2.75) is 33.6 Å². The van der Waals surface area contributed by atoms with Crippen LogP contribution in [0.1, 0.15) is 33.6 Å². The number of hydrogen-bond acceptors (Lipinski definition) is 4. The third-order valence-corrected chi connectivity index (χ3v) is 3.07. The molecule has 136 valence electrons. The van der Waals surface area contributed by atoms with E-state index in [0.29, 0.717) is 38.2 Å². The summed E-state index contributed by atoms with van der Waals surface area (Å²) in [7, 11) is 0. The average molecular weight is 358 g/mol. The molecule has 0 fully saturated rings. The minimum atomic E-state index is -0.407. The molecule has 0 unspecified atom stereocenters. The van der Waals surface area contributed by atoms with Gasteiger partial charge in [0.1, 0.15) is 12.4 Å². The van der Waals surface area contributed by atoms with Crippen LogP contribution in [0, 0.1) is 5.41 Å². The van der Waals surface area contributed by atoms with Gasteiger partial charge in [-0.3, -0.25) is 9.59 Å². The second-order valence-electron chi connectivity index (χ2n) is 6.32. The summed E-state index contributed by atoms with van der Waals surface area (Å²) in [5.74, 6) is 0.634. The van der Waals surface area contributed by atoms with E-state index in [1.54, 1.807) is 24.3 Å². The second kappa shape index (κ2) is 10.9. The molecule has 24 heavy (non-hydrogen) atoms. The molecule has 4 N–H and O–H groups in total. The van der Waals surface area contributed by atoms with Crippen molar-refractivity contribution >= 4 is 29.9 Å². The molecule has 0 radical (unpaired) electrons. The fourth-order valence-corrected chi connectivity index (χ4v) is 1.75.